The van der Waals surface area contributed by atoms with Crippen LogP contribution in [0.5, 0.6) is 0 Å². The molecule has 4 heteroatoms. The highest BCUT2D eigenvalue weighted by Gasteiger charge is 2.09. The predicted octanol–water partition coefficient (Wildman–Crippen LogP) is 2.32. The molecule has 0 N–H and O–H groups in total. The van der Waals surface area contributed by atoms with Crippen molar-refractivity contribution in [2.75, 3.05) is 6.26 Å². The Kier molecular flexibility index (Phi) is 2.48. The van der Waals surface area contributed by atoms with E-state index in [1.165, 1.54) is 17.8 Å². The fourth-order valence-electron chi connectivity index (χ4n) is 0.781. The first-order chi connectivity index (χ1) is 5.25. The van der Waals surface area contributed by atoms with Crippen LogP contribution in [0.25, 0.3) is 0 Å². The van der Waals surface area contributed by atoms with Crippen LogP contribution in [0.3, 0.4) is 0 Å². The molecule has 0 amide bonds. The minimum absolute atomic E-state index is 0.181. The van der Waals surface area contributed by atoms with E-state index in [1.807, 2.05) is 6.26 Å². The van der Waals surface area contributed by atoms with Gasteiger partial charge in [0.2, 0.25) is 0 Å². The van der Waals surface area contributed by atoms with Gasteiger partial charge in [-0.15, -0.1) is 11.8 Å². The van der Waals surface area contributed by atoms with E-state index in [1.54, 1.807) is 18.2 Å². The first kappa shape index (κ1) is 8.07. The molecule has 1 rings (SSSR count). The van der Waals surface area contributed by atoms with Crippen LogP contribution >= 0.6 is 11.8 Å². The summed E-state index contributed by atoms with van der Waals surface area (Å²) < 4.78 is 0. The molecule has 3 nitrogen and oxygen atoms in total. The lowest BCUT2D eigenvalue weighted by Gasteiger charge is -1.95. The van der Waals surface area contributed by atoms with Gasteiger partial charge in [0.05, 0.1) is 9.82 Å². The van der Waals surface area contributed by atoms with Crippen LogP contribution in [-0.2, 0) is 0 Å². The summed E-state index contributed by atoms with van der Waals surface area (Å²) in [5, 5.41) is 10.4. The molecule has 0 unspecified atom stereocenters. The summed E-state index contributed by atoms with van der Waals surface area (Å²) in [6.07, 6.45) is 1.82. The number of para-hydroxylation sites is 1. The molecule has 0 spiro atoms. The quantitative estimate of drug-likeness (QED) is 0.387. The van der Waals surface area contributed by atoms with Crippen molar-refractivity contribution in [3.05, 3.63) is 34.4 Å². The Hall–Kier alpha value is -1.03. The van der Waals surface area contributed by atoms with Crippen LogP contribution in [0.4, 0.5) is 5.69 Å². The molecule has 1 aromatic carbocycles. The maximum atomic E-state index is 10.4. The monoisotopic (exact) mass is 169 g/mol. The summed E-state index contributed by atoms with van der Waals surface area (Å²) in [6.45, 7) is 0. The molecule has 0 aliphatic carbocycles. The molecule has 0 saturated carbocycles. The van der Waals surface area contributed by atoms with Gasteiger partial charge >= 0.3 is 0 Å². The summed E-state index contributed by atoms with van der Waals surface area (Å²) in [6, 6.07) is 6.70. The molecular weight excluding hydrogens is 162 g/mol. The van der Waals surface area contributed by atoms with Crippen LogP contribution in [-0.4, -0.2) is 11.2 Å². The topological polar surface area (TPSA) is 43.1 Å². The molecule has 0 bridgehead atoms. The molecule has 0 atom stereocenters. The van der Waals surface area contributed by atoms with Crippen molar-refractivity contribution in [1.82, 2.24) is 0 Å². The molecule has 0 aliphatic heterocycles. The highest BCUT2D eigenvalue weighted by Crippen LogP contribution is 2.25. The zero-order valence-electron chi connectivity index (χ0n) is 5.98. The molecule has 1 aromatic rings. The summed E-state index contributed by atoms with van der Waals surface area (Å²) in [4.78, 5) is 10.7. The zero-order valence-corrected chi connectivity index (χ0v) is 6.80. The van der Waals surface area contributed by atoms with E-state index < -0.39 is 0 Å². The van der Waals surface area contributed by atoms with Gasteiger partial charge in [0.25, 0.3) is 5.69 Å². The maximum absolute atomic E-state index is 10.4. The smallest absolute Gasteiger partial charge is 0.258 e. The minimum atomic E-state index is -0.369. The Balaban J connectivity index is 3.12. The molecule has 0 saturated heterocycles. The zero-order chi connectivity index (χ0) is 8.27. The number of benzene rings is 1. The number of nitro groups is 1. The van der Waals surface area contributed by atoms with E-state index in [0.717, 1.165) is 0 Å². The third-order valence-electron chi connectivity index (χ3n) is 1.28. The normalized spacial score (nSPS) is 9.55. The Bertz CT molecular complexity index is 275. The van der Waals surface area contributed by atoms with Gasteiger partial charge in [-0.25, -0.2) is 0 Å². The Labute approximate surface area is 68.6 Å². The van der Waals surface area contributed by atoms with Crippen LogP contribution in [0.1, 0.15) is 0 Å². The molecule has 0 fully saturated rings. The van der Waals surface area contributed by atoms with E-state index in [9.17, 15) is 10.1 Å². The predicted molar refractivity (Wildman–Crippen MR) is 44.9 cm³/mol. The number of nitrogens with zero attached hydrogens (tertiary/aromatic N) is 1. The van der Waals surface area contributed by atoms with Crippen LogP contribution in [0.2, 0.25) is 0 Å². The average Bonchev–Trinajstić information content (AvgIpc) is 2.04. The third kappa shape index (κ3) is 1.71. The van der Waals surface area contributed by atoms with Gasteiger partial charge in [-0.05, 0) is 12.3 Å². The average molecular weight is 169 g/mol. The lowest BCUT2D eigenvalue weighted by atomic mass is 10.3. The Morgan fingerprint density at radius 2 is 2.09 bits per heavy atom. The van der Waals surface area contributed by atoms with Gasteiger partial charge in [-0.2, -0.15) is 0 Å². The first-order valence-electron chi connectivity index (χ1n) is 3.03. The van der Waals surface area contributed by atoms with Crippen molar-refractivity contribution in [1.29, 1.82) is 0 Å². The second-order valence-electron chi connectivity index (χ2n) is 1.93. The summed E-state index contributed by atoms with van der Waals surface area (Å²) >= 11 is 1.38. The molecule has 58 valence electrons. The van der Waals surface area contributed by atoms with Crippen LogP contribution in [0.15, 0.2) is 29.2 Å². The van der Waals surface area contributed by atoms with Crippen LogP contribution < -0.4 is 0 Å². The van der Waals surface area contributed by atoms with Crippen molar-refractivity contribution in [2.45, 2.75) is 4.90 Å². The van der Waals surface area contributed by atoms with Crippen LogP contribution in [0, 0.1) is 10.1 Å². The first-order valence-corrected chi connectivity index (χ1v) is 4.25. The number of hydrogen-bond acceptors (Lipinski definition) is 3. The molecule has 0 aliphatic rings. The summed E-state index contributed by atoms with van der Waals surface area (Å²) in [5.74, 6) is 0. The lowest BCUT2D eigenvalue weighted by Crippen LogP contribution is -1.88. The second kappa shape index (κ2) is 3.39. The van der Waals surface area contributed by atoms with E-state index in [0.29, 0.717) is 4.90 Å². The van der Waals surface area contributed by atoms with Crippen molar-refractivity contribution in [2.24, 2.45) is 0 Å². The van der Waals surface area contributed by atoms with E-state index >= 15 is 0 Å². The number of rotatable bonds is 2. The van der Waals surface area contributed by atoms with Crippen molar-refractivity contribution in [3.63, 3.8) is 0 Å². The molecule has 11 heavy (non-hydrogen) atoms. The maximum Gasteiger partial charge on any atom is 0.282 e. The van der Waals surface area contributed by atoms with Gasteiger partial charge in [0.1, 0.15) is 0 Å². The summed E-state index contributed by atoms with van der Waals surface area (Å²) in [5.41, 5.74) is 0.181. The molecule has 0 radical (unpaired) electrons. The van der Waals surface area contributed by atoms with E-state index in [-0.39, 0.29) is 10.6 Å². The minimum Gasteiger partial charge on any atom is -0.258 e. The van der Waals surface area contributed by atoms with Crippen molar-refractivity contribution in [3.8, 4) is 0 Å². The van der Waals surface area contributed by atoms with Crippen molar-refractivity contribution < 1.29 is 4.92 Å². The molecule has 0 aromatic heterocycles. The summed E-state index contributed by atoms with van der Waals surface area (Å²) in [7, 11) is 0. The highest BCUT2D eigenvalue weighted by molar-refractivity contribution is 7.98. The van der Waals surface area contributed by atoms with Gasteiger partial charge in [0, 0.05) is 6.07 Å². The largest absolute Gasteiger partial charge is 0.282 e. The Morgan fingerprint density at radius 3 is 2.55 bits per heavy atom. The van der Waals surface area contributed by atoms with Gasteiger partial charge in [-0.3, -0.25) is 10.1 Å². The fourth-order valence-corrected chi connectivity index (χ4v) is 1.35. The van der Waals surface area contributed by atoms with Gasteiger partial charge in [0.15, 0.2) is 0 Å². The SMILES string of the molecule is CSc1ccccc1[N+](=O)[O-]. The standard InChI is InChI=1S/C7H7NO2S/c1-11-7-5-3-2-4-6(7)8(9)10/h2-5H,1H3. The number of thioether (sulfide) groups is 1. The van der Waals surface area contributed by atoms with E-state index in [2.05, 4.69) is 0 Å². The van der Waals surface area contributed by atoms with Gasteiger partial charge in [-0.1, -0.05) is 12.1 Å². The molecular formula is C7H7NO2S. The molecule has 0 heterocycles. The van der Waals surface area contributed by atoms with E-state index in [4.69, 9.17) is 0 Å². The number of hydrogen-bond donors (Lipinski definition) is 0. The third-order valence-corrected chi connectivity index (χ3v) is 2.07. The fraction of sp³-hybridized carbons (Fsp3) is 0.143. The highest BCUT2D eigenvalue weighted by atomic mass is 32.2. The van der Waals surface area contributed by atoms with Crippen molar-refractivity contribution >= 4 is 17.4 Å². The Morgan fingerprint density at radius 1 is 1.45 bits per heavy atom. The lowest BCUT2D eigenvalue weighted by molar-refractivity contribution is -0.387. The number of nitro benzene ring substituents is 1. The second-order valence-corrected chi connectivity index (χ2v) is 2.78. The van der Waals surface area contributed by atoms with Gasteiger partial charge < -0.3 is 0 Å².